The Kier molecular flexibility index (Phi) is 4.03. The first-order chi connectivity index (χ1) is 13.3. The van der Waals surface area contributed by atoms with Gasteiger partial charge in [0.1, 0.15) is 0 Å². The van der Waals surface area contributed by atoms with Gasteiger partial charge in [0.2, 0.25) is 19.5 Å². The van der Waals surface area contributed by atoms with Crippen LogP contribution in [0.15, 0.2) is 36.4 Å². The lowest BCUT2D eigenvalue weighted by Gasteiger charge is -2.32. The molecule has 3 aliphatic heterocycles. The third-order valence-electron chi connectivity index (χ3n) is 5.51. The number of hydrogen-bond donors (Lipinski definition) is 0. The van der Waals surface area contributed by atoms with Crippen LogP contribution in [0, 0.1) is 0 Å². The molecule has 3 heterocycles. The van der Waals surface area contributed by atoms with Crippen LogP contribution < -0.4 is 18.9 Å². The highest BCUT2D eigenvalue weighted by molar-refractivity contribution is 5.79. The van der Waals surface area contributed by atoms with Gasteiger partial charge in [-0.15, -0.1) is 0 Å². The van der Waals surface area contributed by atoms with E-state index in [0.717, 1.165) is 54.5 Å². The fourth-order valence-electron chi connectivity index (χ4n) is 3.97. The van der Waals surface area contributed by atoms with Crippen molar-refractivity contribution in [2.45, 2.75) is 25.2 Å². The molecule has 2 aromatic rings. The Morgan fingerprint density at radius 3 is 2.22 bits per heavy atom. The zero-order chi connectivity index (χ0) is 18.2. The number of hydrogen-bond acceptors (Lipinski definition) is 5. The number of fused-ring (bicyclic) bond motifs is 2. The molecule has 140 valence electrons. The number of carbonyl (C=O) groups excluding carboxylic acids is 1. The summed E-state index contributed by atoms with van der Waals surface area (Å²) in [6.07, 6.45) is 2.32. The molecule has 1 fully saturated rings. The average Bonchev–Trinajstić information content (AvgIpc) is 3.36. The predicted molar refractivity (Wildman–Crippen MR) is 97.4 cm³/mol. The molecule has 5 rings (SSSR count). The van der Waals surface area contributed by atoms with Crippen LogP contribution in [-0.2, 0) is 11.2 Å². The Labute approximate surface area is 157 Å². The molecule has 0 spiro atoms. The van der Waals surface area contributed by atoms with E-state index >= 15 is 0 Å². The van der Waals surface area contributed by atoms with Gasteiger partial charge < -0.3 is 23.8 Å². The second kappa shape index (κ2) is 6.68. The zero-order valence-corrected chi connectivity index (χ0v) is 15.0. The van der Waals surface area contributed by atoms with E-state index in [1.54, 1.807) is 0 Å². The average molecular weight is 367 g/mol. The fraction of sp³-hybridized carbons (Fsp3) is 0.381. The molecule has 6 heteroatoms. The predicted octanol–water partition coefficient (Wildman–Crippen LogP) is 3.09. The molecule has 0 aliphatic carbocycles. The summed E-state index contributed by atoms with van der Waals surface area (Å²) in [5.41, 5.74) is 2.23. The van der Waals surface area contributed by atoms with Gasteiger partial charge >= 0.3 is 0 Å². The quantitative estimate of drug-likeness (QED) is 0.834. The van der Waals surface area contributed by atoms with Gasteiger partial charge in [-0.1, -0.05) is 12.1 Å². The van der Waals surface area contributed by atoms with E-state index in [-0.39, 0.29) is 12.7 Å². The number of piperidine rings is 1. The lowest BCUT2D eigenvalue weighted by atomic mass is 9.89. The Bertz CT molecular complexity index is 873. The van der Waals surface area contributed by atoms with Crippen molar-refractivity contribution in [2.75, 3.05) is 26.7 Å². The zero-order valence-electron chi connectivity index (χ0n) is 15.0. The van der Waals surface area contributed by atoms with Crippen LogP contribution in [0.3, 0.4) is 0 Å². The summed E-state index contributed by atoms with van der Waals surface area (Å²) in [5.74, 6) is 3.73. The second-order valence-corrected chi connectivity index (χ2v) is 7.13. The molecule has 0 saturated carbocycles. The minimum atomic E-state index is 0.165. The topological polar surface area (TPSA) is 57.2 Å². The molecule has 0 unspecified atom stereocenters. The van der Waals surface area contributed by atoms with Gasteiger partial charge in [0, 0.05) is 13.1 Å². The molecule has 27 heavy (non-hydrogen) atoms. The molecule has 0 atom stereocenters. The van der Waals surface area contributed by atoms with E-state index in [0.29, 0.717) is 19.1 Å². The first-order valence-corrected chi connectivity index (χ1v) is 9.32. The molecule has 3 aliphatic rings. The first kappa shape index (κ1) is 16.3. The normalized spacial score (nSPS) is 18.0. The number of benzene rings is 2. The number of amides is 1. The molecule has 6 nitrogen and oxygen atoms in total. The maximum absolute atomic E-state index is 12.7. The highest BCUT2D eigenvalue weighted by Crippen LogP contribution is 2.37. The third kappa shape index (κ3) is 3.16. The summed E-state index contributed by atoms with van der Waals surface area (Å²) in [6.45, 7) is 2.11. The number of carbonyl (C=O) groups is 1. The van der Waals surface area contributed by atoms with Crippen LogP contribution in [0.2, 0.25) is 0 Å². The lowest BCUT2D eigenvalue weighted by molar-refractivity contribution is -0.131. The Hall–Kier alpha value is -2.89. The Morgan fingerprint density at radius 1 is 0.852 bits per heavy atom. The summed E-state index contributed by atoms with van der Waals surface area (Å²) in [6, 6.07) is 11.9. The van der Waals surface area contributed by atoms with Crippen molar-refractivity contribution in [3.05, 3.63) is 47.5 Å². The van der Waals surface area contributed by atoms with Crippen molar-refractivity contribution in [1.82, 2.24) is 4.90 Å². The highest BCUT2D eigenvalue weighted by Gasteiger charge is 2.26. The van der Waals surface area contributed by atoms with Crippen molar-refractivity contribution >= 4 is 5.91 Å². The van der Waals surface area contributed by atoms with Crippen molar-refractivity contribution < 1.29 is 23.7 Å². The minimum absolute atomic E-state index is 0.165. The van der Waals surface area contributed by atoms with Crippen LogP contribution in [0.25, 0.3) is 0 Å². The maximum Gasteiger partial charge on any atom is 0.231 e. The molecule has 0 aromatic heterocycles. The van der Waals surface area contributed by atoms with Gasteiger partial charge in [0.15, 0.2) is 23.0 Å². The smallest absolute Gasteiger partial charge is 0.231 e. The van der Waals surface area contributed by atoms with Gasteiger partial charge in [-0.2, -0.15) is 0 Å². The van der Waals surface area contributed by atoms with Gasteiger partial charge in [0.05, 0.1) is 6.42 Å². The van der Waals surface area contributed by atoms with E-state index in [9.17, 15) is 4.79 Å². The molecule has 0 N–H and O–H groups in total. The summed E-state index contributed by atoms with van der Waals surface area (Å²) < 4.78 is 21.6. The van der Waals surface area contributed by atoms with Gasteiger partial charge in [-0.3, -0.25) is 4.79 Å². The van der Waals surface area contributed by atoms with Gasteiger partial charge in [0.25, 0.3) is 0 Å². The van der Waals surface area contributed by atoms with Crippen LogP contribution in [0.1, 0.15) is 29.9 Å². The monoisotopic (exact) mass is 367 g/mol. The number of nitrogens with zero attached hydrogens (tertiary/aromatic N) is 1. The van der Waals surface area contributed by atoms with E-state index in [1.807, 2.05) is 29.2 Å². The first-order valence-electron chi connectivity index (χ1n) is 9.32. The Morgan fingerprint density at radius 2 is 1.48 bits per heavy atom. The lowest BCUT2D eigenvalue weighted by Crippen LogP contribution is -2.38. The number of likely N-dealkylation sites (tertiary alicyclic amines) is 1. The van der Waals surface area contributed by atoms with E-state index < -0.39 is 0 Å². The van der Waals surface area contributed by atoms with E-state index in [1.165, 1.54) is 5.56 Å². The van der Waals surface area contributed by atoms with Crippen molar-refractivity contribution in [3.63, 3.8) is 0 Å². The largest absolute Gasteiger partial charge is 0.454 e. The summed E-state index contributed by atoms with van der Waals surface area (Å²) in [7, 11) is 0. The van der Waals surface area contributed by atoms with Gasteiger partial charge in [-0.05, 0) is 54.2 Å². The molecular weight excluding hydrogens is 346 g/mol. The van der Waals surface area contributed by atoms with Crippen LogP contribution >= 0.6 is 0 Å². The third-order valence-corrected chi connectivity index (χ3v) is 5.51. The SMILES string of the molecule is O=C(Cc1ccc2c(c1)OCO2)N1CCC(c2ccc3c(c2)OCO3)CC1. The van der Waals surface area contributed by atoms with Crippen LogP contribution in [0.4, 0.5) is 0 Å². The van der Waals surface area contributed by atoms with Crippen molar-refractivity contribution in [3.8, 4) is 23.0 Å². The van der Waals surface area contributed by atoms with Crippen molar-refractivity contribution in [1.29, 1.82) is 0 Å². The van der Waals surface area contributed by atoms with Gasteiger partial charge in [-0.25, -0.2) is 0 Å². The van der Waals surface area contributed by atoms with E-state index in [2.05, 4.69) is 12.1 Å². The summed E-state index contributed by atoms with van der Waals surface area (Å²) >= 11 is 0. The molecule has 1 saturated heterocycles. The van der Waals surface area contributed by atoms with Crippen LogP contribution in [0.5, 0.6) is 23.0 Å². The van der Waals surface area contributed by atoms with Crippen molar-refractivity contribution in [2.24, 2.45) is 0 Å². The van der Waals surface area contributed by atoms with Crippen LogP contribution in [-0.4, -0.2) is 37.5 Å². The summed E-state index contributed by atoms with van der Waals surface area (Å²) in [4.78, 5) is 14.6. The summed E-state index contributed by atoms with van der Waals surface area (Å²) in [5, 5.41) is 0. The standard InChI is InChI=1S/C21H21NO5/c23-21(10-14-1-3-17-19(9-14)26-12-24-17)22-7-5-15(6-8-22)16-2-4-18-20(11-16)27-13-25-18/h1-4,9,11,15H,5-8,10,12-13H2. The molecule has 1 amide bonds. The minimum Gasteiger partial charge on any atom is -0.454 e. The van der Waals surface area contributed by atoms with E-state index in [4.69, 9.17) is 18.9 Å². The highest BCUT2D eigenvalue weighted by atomic mass is 16.7. The molecule has 0 radical (unpaired) electrons. The number of ether oxygens (including phenoxy) is 4. The fourth-order valence-corrected chi connectivity index (χ4v) is 3.97. The Balaban J connectivity index is 1.19. The second-order valence-electron chi connectivity index (χ2n) is 7.13. The number of rotatable bonds is 3. The molecule has 2 aromatic carbocycles. The molecule has 0 bridgehead atoms. The maximum atomic E-state index is 12.7. The molecular formula is C21H21NO5.